The number of aryl methyl sites for hydroxylation is 1. The Hall–Kier alpha value is -4.60. The fourth-order valence-electron chi connectivity index (χ4n) is 8.59. The molecule has 2 N–H and O–H groups in total. The number of aromatic nitrogens is 3. The van der Waals surface area contributed by atoms with Crippen molar-refractivity contribution in [3.8, 4) is 22.5 Å². The Balaban J connectivity index is 0.000000738. The van der Waals surface area contributed by atoms with Crippen LogP contribution in [-0.4, -0.2) is 106 Å². The van der Waals surface area contributed by atoms with Crippen molar-refractivity contribution in [3.63, 3.8) is 0 Å². The van der Waals surface area contributed by atoms with Crippen molar-refractivity contribution in [3.05, 3.63) is 95.2 Å². The molecule has 2 saturated heterocycles. The van der Waals surface area contributed by atoms with Crippen LogP contribution in [0.3, 0.4) is 0 Å². The third-order valence-electron chi connectivity index (χ3n) is 11.9. The first-order valence-corrected chi connectivity index (χ1v) is 24.3. The number of carbonyl (C=O) groups is 2. The predicted molar refractivity (Wildman–Crippen MR) is 263 cm³/mol. The van der Waals surface area contributed by atoms with E-state index in [-0.39, 0.29) is 46.7 Å². The highest BCUT2D eigenvalue weighted by Gasteiger charge is 2.31. The van der Waals surface area contributed by atoms with Crippen molar-refractivity contribution < 1.29 is 19.1 Å². The Bertz CT molecular complexity index is 2220. The minimum absolute atomic E-state index is 0.0158. The lowest BCUT2D eigenvalue weighted by Gasteiger charge is -2.36. The largest absolute Gasteiger partial charge is 0.467 e. The van der Waals surface area contributed by atoms with Crippen molar-refractivity contribution in [1.82, 2.24) is 39.5 Å². The van der Waals surface area contributed by atoms with Gasteiger partial charge in [-0.05, 0) is 86.4 Å². The molecule has 4 atom stereocenters. The van der Waals surface area contributed by atoms with Gasteiger partial charge in [0, 0.05) is 98.5 Å². The maximum absolute atomic E-state index is 14.0. The number of nitrogens with zero attached hydrogens (tertiary/aromatic N) is 6. The molecule has 0 spiro atoms. The van der Waals surface area contributed by atoms with E-state index in [1.165, 1.54) is 25.9 Å². The highest BCUT2D eigenvalue weighted by atomic mass is 32.2. The van der Waals surface area contributed by atoms with Crippen molar-refractivity contribution in [1.29, 1.82) is 0 Å². The zero-order chi connectivity index (χ0) is 45.8. The van der Waals surface area contributed by atoms with Crippen LogP contribution in [0.25, 0.3) is 33.4 Å². The van der Waals surface area contributed by atoms with Gasteiger partial charge in [0.1, 0.15) is 6.04 Å². The average Bonchev–Trinajstić information content (AvgIpc) is 4.06. The third kappa shape index (κ3) is 12.4. The molecule has 63 heavy (non-hydrogen) atoms. The number of hydrogen-bond donors (Lipinski definition) is 2. The summed E-state index contributed by atoms with van der Waals surface area (Å²) in [4.78, 5) is 37.1. The maximum Gasteiger partial charge on any atom is 0.293 e. The van der Waals surface area contributed by atoms with Crippen LogP contribution in [0.15, 0.2) is 79.0 Å². The van der Waals surface area contributed by atoms with Gasteiger partial charge in [0.15, 0.2) is 0 Å². The molecule has 4 aromatic rings. The van der Waals surface area contributed by atoms with Gasteiger partial charge in [-0.25, -0.2) is 10.4 Å². The number of rotatable bonds is 20. The second-order valence-corrected chi connectivity index (χ2v) is 20.2. The summed E-state index contributed by atoms with van der Waals surface area (Å²) in [6.45, 7) is 27.2. The van der Waals surface area contributed by atoms with Gasteiger partial charge in [-0.2, -0.15) is 0 Å². The molecule has 6 rings (SSSR count). The lowest BCUT2D eigenvalue weighted by molar-refractivity contribution is -0.137. The summed E-state index contributed by atoms with van der Waals surface area (Å²) in [6.07, 6.45) is 9.12. The average molecular weight is 899 g/mol. The molecule has 4 unspecified atom stereocenters. The van der Waals surface area contributed by atoms with E-state index in [0.717, 1.165) is 74.8 Å². The van der Waals surface area contributed by atoms with Crippen molar-refractivity contribution in [2.24, 2.45) is 18.4 Å². The normalized spacial score (nSPS) is 16.4. The summed E-state index contributed by atoms with van der Waals surface area (Å²) in [5, 5.41) is 11.2. The van der Waals surface area contributed by atoms with Gasteiger partial charge >= 0.3 is 0 Å². The van der Waals surface area contributed by atoms with E-state index in [1.807, 2.05) is 30.3 Å². The summed E-state index contributed by atoms with van der Waals surface area (Å²) in [5.74, 6) is 4.21. The van der Waals surface area contributed by atoms with Crippen LogP contribution < -0.4 is 10.7 Å². The molecule has 3 aromatic heterocycles. The van der Waals surface area contributed by atoms with Crippen LogP contribution in [0.2, 0.25) is 0 Å². The van der Waals surface area contributed by atoms with Gasteiger partial charge < -0.3 is 24.3 Å². The Labute approximate surface area is 382 Å². The summed E-state index contributed by atoms with van der Waals surface area (Å²) < 4.78 is 15.6. The highest BCUT2D eigenvalue weighted by Crippen LogP contribution is 2.41. The summed E-state index contributed by atoms with van der Waals surface area (Å²) in [6, 6.07) is 9.92. The molecule has 2 aliphatic rings. The Morgan fingerprint density at radius 2 is 1.86 bits per heavy atom. The molecule has 14 heteroatoms. The number of hydrogen-bond acceptors (Lipinski definition) is 11. The lowest BCUT2D eigenvalue weighted by Crippen LogP contribution is -2.56. The summed E-state index contributed by atoms with van der Waals surface area (Å²) in [7, 11) is 5.85. The number of likely N-dealkylation sites (N-methyl/N-ethyl adjacent to an activating group) is 1. The second-order valence-electron chi connectivity index (χ2n) is 17.6. The summed E-state index contributed by atoms with van der Waals surface area (Å²) >= 11 is 1.56. The molecule has 0 radical (unpaired) electrons. The Kier molecular flexibility index (Phi) is 17.9. The second kappa shape index (κ2) is 22.8. The van der Waals surface area contributed by atoms with E-state index in [0.29, 0.717) is 25.9 Å². The van der Waals surface area contributed by atoms with Crippen LogP contribution in [0, 0.1) is 11.3 Å². The zero-order valence-corrected chi connectivity index (χ0v) is 40.5. The number of ether oxygens (including phenoxy) is 2. The van der Waals surface area contributed by atoms with Gasteiger partial charge in [-0.3, -0.25) is 23.9 Å². The minimum atomic E-state index is -0.550. The van der Waals surface area contributed by atoms with E-state index >= 15 is 0 Å². The molecule has 0 aliphatic carbocycles. The number of amides is 1. The van der Waals surface area contributed by atoms with Gasteiger partial charge in [-0.15, -0.1) is 22.0 Å². The fraction of sp³-hybridized carbons (Fsp3) is 0.490. The molecule has 0 bridgehead atoms. The van der Waals surface area contributed by atoms with Crippen molar-refractivity contribution >= 4 is 51.2 Å². The van der Waals surface area contributed by atoms with Crippen LogP contribution >= 0.6 is 22.0 Å². The topological polar surface area (TPSA) is 117 Å². The number of benzene rings is 1. The van der Waals surface area contributed by atoms with Gasteiger partial charge in [0.25, 0.3) is 12.4 Å². The fourth-order valence-corrected chi connectivity index (χ4v) is 10.4. The molecule has 2 aliphatic heterocycles. The van der Waals surface area contributed by atoms with Gasteiger partial charge in [0.2, 0.25) is 0 Å². The third-order valence-corrected chi connectivity index (χ3v) is 14.2. The number of carbonyl (C=O) groups excluding carboxylic acids is 2. The standard InChI is InChI=1S/C42H57N7O4S.C7H13NS/c1-11-47(8)39(27(2)3)28(4)45-34(41(51)49-20-13-12-19-44-49)22-37-46-35(24-54-37)30-16-17-36-32(21-30)33(23-42(6,7)25-53-26-50)40(48(36)9)31-15-14-18-43-38(31)29(5)52-10;1-3-9(2)8-6-4-5-7-8/h11,14-18,21,24,26-27,29,34,39,44-45H,1,4,12-13,19-20,22-23,25H2,2-3,5-10H3;3H,1-2,4-7H2. The van der Waals surface area contributed by atoms with E-state index in [1.54, 1.807) is 35.9 Å². The first-order valence-electron chi connectivity index (χ1n) is 22.0. The Morgan fingerprint density at radius 1 is 1.13 bits per heavy atom. The number of hydrazine groups is 1. The maximum atomic E-state index is 14.0. The molecular weight excluding hydrogens is 829 g/mol. The van der Waals surface area contributed by atoms with E-state index < -0.39 is 6.04 Å². The number of methoxy groups -OCH3 is 1. The molecule has 342 valence electrons. The van der Waals surface area contributed by atoms with Crippen molar-refractivity contribution in [2.75, 3.05) is 46.9 Å². The first kappa shape index (κ1) is 49.4. The quantitative estimate of drug-likeness (QED) is 0.0659. The number of thiazole rings is 1. The SMILES string of the molecule is C=CN(C)C(C(=C)NC(Cc1nc(-c2ccc3c(c2)c(CC(C)(C)COC=O)c(-c2cccnc2C(C)OC)n3C)cs1)C(=O)N1CCCCN1)C(C)C.C=CS(=C)N1CCCC1. The minimum Gasteiger partial charge on any atom is -0.467 e. The number of pyridine rings is 1. The van der Waals surface area contributed by atoms with Crippen LogP contribution in [-0.2, 0) is 39.0 Å². The molecule has 0 saturated carbocycles. The van der Waals surface area contributed by atoms with Gasteiger partial charge in [-0.1, -0.05) is 59.4 Å². The molecule has 1 amide bonds. The van der Waals surface area contributed by atoms with E-state index in [9.17, 15) is 9.59 Å². The molecule has 12 nitrogen and oxygen atoms in total. The van der Waals surface area contributed by atoms with Gasteiger partial charge in [0.05, 0.1) is 40.8 Å². The van der Waals surface area contributed by atoms with E-state index in [2.05, 4.69) is 110 Å². The molecule has 2 fully saturated rings. The van der Waals surface area contributed by atoms with E-state index in [4.69, 9.17) is 19.4 Å². The Morgan fingerprint density at radius 3 is 2.49 bits per heavy atom. The smallest absolute Gasteiger partial charge is 0.293 e. The number of nitrogens with one attached hydrogen (secondary N) is 2. The van der Waals surface area contributed by atoms with Crippen LogP contribution in [0.5, 0.6) is 0 Å². The van der Waals surface area contributed by atoms with Crippen molar-refractivity contribution in [2.45, 2.75) is 91.3 Å². The predicted octanol–water partition coefficient (Wildman–Crippen LogP) is 8.90. The number of fused-ring (bicyclic) bond motifs is 1. The first-order chi connectivity index (χ1) is 30.1. The summed E-state index contributed by atoms with van der Waals surface area (Å²) in [5.41, 5.74) is 10.6. The lowest BCUT2D eigenvalue weighted by atomic mass is 9.84. The monoisotopic (exact) mass is 898 g/mol. The highest BCUT2D eigenvalue weighted by molar-refractivity contribution is 8.14. The van der Waals surface area contributed by atoms with Crippen LogP contribution in [0.1, 0.15) is 82.7 Å². The molecule has 1 aromatic carbocycles. The molecular formula is C49H70N8O4S2. The molecule has 5 heterocycles. The van der Waals surface area contributed by atoms with Crippen LogP contribution in [0.4, 0.5) is 0 Å². The zero-order valence-electron chi connectivity index (χ0n) is 38.8.